The third-order valence-electron chi connectivity index (χ3n) is 4.56. The van der Waals surface area contributed by atoms with Gasteiger partial charge in [0, 0.05) is 45.3 Å². The van der Waals surface area contributed by atoms with Crippen molar-refractivity contribution in [2.75, 3.05) is 33.2 Å². The molecular weight excluding hydrogens is 350 g/mol. The lowest BCUT2D eigenvalue weighted by Gasteiger charge is -2.34. The number of benzene rings is 2. The molecule has 0 aromatic heterocycles. The molecule has 138 valence electrons. The molecule has 1 fully saturated rings. The molecule has 0 atom stereocenters. The number of hydrogen-bond acceptors (Lipinski definition) is 4. The van der Waals surface area contributed by atoms with Gasteiger partial charge < -0.3 is 5.32 Å². The number of nitrogens with one attached hydrogen (secondary N) is 1. The van der Waals surface area contributed by atoms with Crippen LogP contribution in [0.25, 0.3) is 0 Å². The molecule has 1 N–H and O–H groups in total. The number of sulfonamides is 1. The zero-order valence-electron chi connectivity index (χ0n) is 14.8. The second-order valence-electron chi connectivity index (χ2n) is 6.27. The first kappa shape index (κ1) is 18.6. The summed E-state index contributed by atoms with van der Waals surface area (Å²) in [4.78, 5) is 14.2. The Morgan fingerprint density at radius 2 is 1.58 bits per heavy atom. The van der Waals surface area contributed by atoms with Gasteiger partial charge in [-0.05, 0) is 29.8 Å². The fourth-order valence-corrected chi connectivity index (χ4v) is 4.48. The van der Waals surface area contributed by atoms with E-state index in [1.165, 1.54) is 0 Å². The van der Waals surface area contributed by atoms with Crippen LogP contribution in [0, 0.1) is 0 Å². The quantitative estimate of drug-likeness (QED) is 0.863. The highest BCUT2D eigenvalue weighted by Crippen LogP contribution is 2.18. The van der Waals surface area contributed by atoms with Crippen molar-refractivity contribution in [3.8, 4) is 0 Å². The van der Waals surface area contributed by atoms with E-state index in [9.17, 15) is 13.2 Å². The minimum absolute atomic E-state index is 0.101. The summed E-state index contributed by atoms with van der Waals surface area (Å²) in [5.41, 5.74) is 1.74. The van der Waals surface area contributed by atoms with Gasteiger partial charge in [0.15, 0.2) is 0 Å². The van der Waals surface area contributed by atoms with Gasteiger partial charge in [-0.15, -0.1) is 0 Å². The van der Waals surface area contributed by atoms with E-state index in [0.717, 1.165) is 12.1 Å². The van der Waals surface area contributed by atoms with Crippen molar-refractivity contribution >= 4 is 15.9 Å². The number of nitrogens with zero attached hydrogens (tertiary/aromatic N) is 2. The van der Waals surface area contributed by atoms with E-state index >= 15 is 0 Å². The van der Waals surface area contributed by atoms with Gasteiger partial charge >= 0.3 is 0 Å². The van der Waals surface area contributed by atoms with E-state index < -0.39 is 10.0 Å². The van der Waals surface area contributed by atoms with Crippen LogP contribution in [0.15, 0.2) is 59.5 Å². The van der Waals surface area contributed by atoms with Crippen molar-refractivity contribution in [1.29, 1.82) is 0 Å². The Morgan fingerprint density at radius 3 is 2.15 bits per heavy atom. The summed E-state index contributed by atoms with van der Waals surface area (Å²) >= 11 is 0. The summed E-state index contributed by atoms with van der Waals surface area (Å²) in [7, 11) is -1.80. The van der Waals surface area contributed by atoms with Crippen LogP contribution in [0.3, 0.4) is 0 Å². The third kappa shape index (κ3) is 4.12. The van der Waals surface area contributed by atoms with Crippen LogP contribution in [-0.2, 0) is 16.6 Å². The number of piperazine rings is 1. The Balaban J connectivity index is 1.58. The first-order chi connectivity index (χ1) is 12.5. The van der Waals surface area contributed by atoms with Crippen molar-refractivity contribution in [2.24, 2.45) is 0 Å². The Morgan fingerprint density at radius 1 is 0.962 bits per heavy atom. The zero-order valence-corrected chi connectivity index (χ0v) is 15.6. The first-order valence-electron chi connectivity index (χ1n) is 8.59. The Hall–Kier alpha value is -2.22. The average molecular weight is 373 g/mol. The van der Waals surface area contributed by atoms with Gasteiger partial charge in [-0.1, -0.05) is 30.3 Å². The predicted octanol–water partition coefficient (Wildman–Crippen LogP) is 1.55. The van der Waals surface area contributed by atoms with Crippen molar-refractivity contribution in [3.05, 3.63) is 65.7 Å². The molecule has 26 heavy (non-hydrogen) atoms. The molecule has 1 aliphatic heterocycles. The average Bonchev–Trinajstić information content (AvgIpc) is 2.69. The summed E-state index contributed by atoms with van der Waals surface area (Å²) in [6, 6.07) is 16.1. The maximum atomic E-state index is 12.7. The highest BCUT2D eigenvalue weighted by atomic mass is 32.2. The lowest BCUT2D eigenvalue weighted by molar-refractivity contribution is 0.0963. The molecule has 1 amide bonds. The second kappa shape index (κ2) is 7.99. The molecule has 0 radical (unpaired) electrons. The molecule has 0 saturated carbocycles. The van der Waals surface area contributed by atoms with E-state index in [-0.39, 0.29) is 5.91 Å². The SMILES string of the molecule is CNC(=O)c1ccc(CN2CCN(S(=O)(=O)c3ccccc3)CC2)cc1. The molecule has 1 heterocycles. The molecule has 1 saturated heterocycles. The predicted molar refractivity (Wildman–Crippen MR) is 100 cm³/mol. The van der Waals surface area contributed by atoms with E-state index in [1.54, 1.807) is 35.6 Å². The van der Waals surface area contributed by atoms with Crippen LogP contribution in [0.2, 0.25) is 0 Å². The van der Waals surface area contributed by atoms with E-state index in [4.69, 9.17) is 0 Å². The van der Waals surface area contributed by atoms with Crippen LogP contribution in [-0.4, -0.2) is 56.8 Å². The highest BCUT2D eigenvalue weighted by Gasteiger charge is 2.28. The first-order valence-corrected chi connectivity index (χ1v) is 10.0. The van der Waals surface area contributed by atoms with Gasteiger partial charge in [-0.25, -0.2) is 8.42 Å². The van der Waals surface area contributed by atoms with Crippen molar-refractivity contribution in [1.82, 2.24) is 14.5 Å². The number of hydrogen-bond donors (Lipinski definition) is 1. The molecule has 7 heteroatoms. The molecule has 3 rings (SSSR count). The van der Waals surface area contributed by atoms with Gasteiger partial charge in [-0.3, -0.25) is 9.69 Å². The van der Waals surface area contributed by atoms with Crippen LogP contribution in [0.4, 0.5) is 0 Å². The summed E-state index contributed by atoms with van der Waals surface area (Å²) < 4.78 is 26.9. The highest BCUT2D eigenvalue weighted by molar-refractivity contribution is 7.89. The smallest absolute Gasteiger partial charge is 0.251 e. The number of carbonyl (C=O) groups is 1. The fourth-order valence-electron chi connectivity index (χ4n) is 3.03. The Bertz CT molecular complexity index is 843. The largest absolute Gasteiger partial charge is 0.355 e. The number of rotatable bonds is 5. The fraction of sp³-hybridized carbons (Fsp3) is 0.316. The minimum Gasteiger partial charge on any atom is -0.355 e. The van der Waals surface area contributed by atoms with Crippen LogP contribution in [0.1, 0.15) is 15.9 Å². The molecule has 2 aromatic rings. The van der Waals surface area contributed by atoms with E-state index in [0.29, 0.717) is 36.6 Å². The van der Waals surface area contributed by atoms with Gasteiger partial charge in [-0.2, -0.15) is 4.31 Å². The zero-order chi connectivity index (χ0) is 18.6. The molecule has 0 unspecified atom stereocenters. The van der Waals surface area contributed by atoms with Gasteiger partial charge in [0.2, 0.25) is 10.0 Å². The standard InChI is InChI=1S/C19H23N3O3S/c1-20-19(23)17-9-7-16(8-10-17)15-21-11-13-22(14-12-21)26(24,25)18-5-3-2-4-6-18/h2-10H,11-15H2,1H3,(H,20,23). The Labute approximate surface area is 154 Å². The molecule has 0 bridgehead atoms. The van der Waals surface area contributed by atoms with Gasteiger partial charge in [0.05, 0.1) is 4.90 Å². The maximum absolute atomic E-state index is 12.7. The topological polar surface area (TPSA) is 69.7 Å². The molecule has 0 spiro atoms. The molecular formula is C19H23N3O3S. The Kier molecular flexibility index (Phi) is 5.70. The van der Waals surface area contributed by atoms with Gasteiger partial charge in [0.1, 0.15) is 0 Å². The van der Waals surface area contributed by atoms with Crippen LogP contribution in [0.5, 0.6) is 0 Å². The molecule has 0 aliphatic carbocycles. The summed E-state index contributed by atoms with van der Waals surface area (Å²) in [5, 5.41) is 2.60. The number of carbonyl (C=O) groups excluding carboxylic acids is 1. The number of amides is 1. The molecule has 2 aromatic carbocycles. The summed E-state index contributed by atoms with van der Waals surface area (Å²) in [5.74, 6) is -0.101. The molecule has 1 aliphatic rings. The van der Waals surface area contributed by atoms with Crippen LogP contribution < -0.4 is 5.32 Å². The molecule has 6 nitrogen and oxygen atoms in total. The summed E-state index contributed by atoms with van der Waals surface area (Å²) in [6.45, 7) is 3.07. The summed E-state index contributed by atoms with van der Waals surface area (Å²) in [6.07, 6.45) is 0. The van der Waals surface area contributed by atoms with Crippen LogP contribution >= 0.6 is 0 Å². The van der Waals surface area contributed by atoms with E-state index in [2.05, 4.69) is 10.2 Å². The van der Waals surface area contributed by atoms with Gasteiger partial charge in [0.25, 0.3) is 5.91 Å². The van der Waals surface area contributed by atoms with E-state index in [1.807, 2.05) is 30.3 Å². The van der Waals surface area contributed by atoms with Crippen molar-refractivity contribution < 1.29 is 13.2 Å². The third-order valence-corrected chi connectivity index (χ3v) is 6.47. The monoisotopic (exact) mass is 373 g/mol. The normalized spacial score (nSPS) is 16.3. The lowest BCUT2D eigenvalue weighted by atomic mass is 10.1. The maximum Gasteiger partial charge on any atom is 0.251 e. The lowest BCUT2D eigenvalue weighted by Crippen LogP contribution is -2.48. The minimum atomic E-state index is -3.41. The second-order valence-corrected chi connectivity index (χ2v) is 8.21. The van der Waals surface area contributed by atoms with Crippen molar-refractivity contribution in [2.45, 2.75) is 11.4 Å². The van der Waals surface area contributed by atoms with Crippen molar-refractivity contribution in [3.63, 3.8) is 0 Å².